The molecule has 2 N–H and O–H groups in total. The Bertz CT molecular complexity index is 522. The van der Waals surface area contributed by atoms with Crippen LogP contribution in [0.4, 0.5) is 9.18 Å². The largest absolute Gasteiger partial charge is 0.343 e. The van der Waals surface area contributed by atoms with E-state index in [1.807, 2.05) is 0 Å². The molecule has 2 aliphatic rings. The van der Waals surface area contributed by atoms with Gasteiger partial charge in [0, 0.05) is 13.1 Å². The van der Waals surface area contributed by atoms with Gasteiger partial charge in [-0.2, -0.15) is 0 Å². The number of piperidine rings is 1. The van der Waals surface area contributed by atoms with Crippen LogP contribution in [0.1, 0.15) is 31.0 Å². The molecule has 1 saturated heterocycles. The van der Waals surface area contributed by atoms with E-state index in [2.05, 4.69) is 20.5 Å². The molecule has 20 heavy (non-hydrogen) atoms. The summed E-state index contributed by atoms with van der Waals surface area (Å²) in [6, 6.07) is 5.76. The van der Waals surface area contributed by atoms with Gasteiger partial charge in [-0.1, -0.05) is 12.1 Å². The number of rotatable bonds is 1. The average Bonchev–Trinajstić information content (AvgIpc) is 2.48. The number of likely N-dealkylation sites (tertiary alicyclic amines) is 1. The summed E-state index contributed by atoms with van der Waals surface area (Å²) >= 11 is 0. The molecule has 106 valence electrons. The van der Waals surface area contributed by atoms with E-state index in [1.165, 1.54) is 18.6 Å². The van der Waals surface area contributed by atoms with Crippen molar-refractivity contribution in [1.29, 1.82) is 0 Å². The lowest BCUT2D eigenvalue weighted by Gasteiger charge is -2.33. The van der Waals surface area contributed by atoms with E-state index in [0.717, 1.165) is 31.5 Å². The molecule has 0 spiro atoms. The molecule has 1 fully saturated rings. The highest BCUT2D eigenvalue weighted by atomic mass is 19.1. The second-order valence-corrected chi connectivity index (χ2v) is 5.05. The molecule has 1 atom stereocenters. The summed E-state index contributed by atoms with van der Waals surface area (Å²) in [6.07, 6.45) is 2.99. The van der Waals surface area contributed by atoms with E-state index in [0.29, 0.717) is 5.96 Å². The highest BCUT2D eigenvalue weighted by molar-refractivity contribution is 5.98. The highest BCUT2D eigenvalue weighted by Gasteiger charge is 2.25. The molecule has 5 nitrogen and oxygen atoms in total. The first-order chi connectivity index (χ1) is 9.72. The standard InChI is InChI=1S/C14H17FN4O/c15-11-6-4-10(5-7-11)12-16-13(18-14(20)17-12)19-8-2-1-3-9-19/h4-7,12H,1-3,8-9H2,(H2,16,17,18,20). The molecule has 0 bridgehead atoms. The first-order valence-corrected chi connectivity index (χ1v) is 6.88. The number of carbonyl (C=O) groups excluding carboxylic acids is 1. The molecular weight excluding hydrogens is 259 g/mol. The van der Waals surface area contributed by atoms with Gasteiger partial charge in [-0.05, 0) is 37.0 Å². The minimum absolute atomic E-state index is 0.269. The van der Waals surface area contributed by atoms with Gasteiger partial charge in [0.2, 0.25) is 5.96 Å². The van der Waals surface area contributed by atoms with Crippen LogP contribution in [0, 0.1) is 5.82 Å². The van der Waals surface area contributed by atoms with Crippen LogP contribution < -0.4 is 10.6 Å². The normalized spacial score (nSPS) is 22.9. The van der Waals surface area contributed by atoms with E-state index < -0.39 is 6.17 Å². The molecule has 1 aromatic carbocycles. The van der Waals surface area contributed by atoms with Gasteiger partial charge in [0.25, 0.3) is 0 Å². The molecule has 1 aromatic rings. The maximum atomic E-state index is 13.0. The number of urea groups is 1. The van der Waals surface area contributed by atoms with Crippen molar-refractivity contribution in [2.45, 2.75) is 25.4 Å². The third kappa shape index (κ3) is 2.74. The lowest BCUT2D eigenvalue weighted by Crippen LogP contribution is -2.53. The predicted octanol–water partition coefficient (Wildman–Crippen LogP) is 1.98. The predicted molar refractivity (Wildman–Crippen MR) is 73.7 cm³/mol. The summed E-state index contributed by atoms with van der Waals surface area (Å²) in [4.78, 5) is 18.4. The second kappa shape index (κ2) is 5.48. The van der Waals surface area contributed by atoms with Gasteiger partial charge >= 0.3 is 6.03 Å². The van der Waals surface area contributed by atoms with Crippen molar-refractivity contribution in [1.82, 2.24) is 15.5 Å². The van der Waals surface area contributed by atoms with Crippen molar-refractivity contribution in [3.8, 4) is 0 Å². The fourth-order valence-corrected chi connectivity index (χ4v) is 2.52. The Hall–Kier alpha value is -2.11. The minimum Gasteiger partial charge on any atom is -0.343 e. The maximum Gasteiger partial charge on any atom is 0.323 e. The molecular formula is C14H17FN4O. The quantitative estimate of drug-likeness (QED) is 0.824. The number of guanidine groups is 1. The molecule has 0 radical (unpaired) electrons. The van der Waals surface area contributed by atoms with Gasteiger partial charge < -0.3 is 10.2 Å². The molecule has 1 unspecified atom stereocenters. The summed E-state index contributed by atoms with van der Waals surface area (Å²) < 4.78 is 13.0. The number of carbonyl (C=O) groups is 1. The van der Waals surface area contributed by atoms with Crippen LogP contribution in [-0.4, -0.2) is 30.0 Å². The fourth-order valence-electron chi connectivity index (χ4n) is 2.52. The van der Waals surface area contributed by atoms with Gasteiger partial charge in [0.05, 0.1) is 0 Å². The molecule has 6 heteroatoms. The maximum absolute atomic E-state index is 13.0. The zero-order valence-electron chi connectivity index (χ0n) is 11.1. The number of aliphatic imine (C=N–C) groups is 1. The van der Waals surface area contributed by atoms with E-state index in [1.54, 1.807) is 12.1 Å². The van der Waals surface area contributed by atoms with Crippen molar-refractivity contribution < 1.29 is 9.18 Å². The number of benzene rings is 1. The molecule has 2 aliphatic heterocycles. The van der Waals surface area contributed by atoms with Gasteiger partial charge in [-0.25, -0.2) is 14.2 Å². The Morgan fingerprint density at radius 1 is 1.15 bits per heavy atom. The van der Waals surface area contributed by atoms with E-state index >= 15 is 0 Å². The van der Waals surface area contributed by atoms with E-state index in [9.17, 15) is 9.18 Å². The summed E-state index contributed by atoms with van der Waals surface area (Å²) in [5, 5.41) is 5.48. The summed E-state index contributed by atoms with van der Waals surface area (Å²) in [5.74, 6) is 0.317. The van der Waals surface area contributed by atoms with E-state index in [4.69, 9.17) is 0 Å². The molecule has 0 aromatic heterocycles. The van der Waals surface area contributed by atoms with Crippen LogP contribution in [0.5, 0.6) is 0 Å². The smallest absolute Gasteiger partial charge is 0.323 e. The van der Waals surface area contributed by atoms with Crippen molar-refractivity contribution >= 4 is 12.0 Å². The Balaban J connectivity index is 1.83. The number of nitrogens with zero attached hydrogens (tertiary/aromatic N) is 2. The summed E-state index contributed by atoms with van der Waals surface area (Å²) in [5.41, 5.74) is 0.774. The number of hydrogen-bond donors (Lipinski definition) is 2. The van der Waals surface area contributed by atoms with Gasteiger partial charge in [-0.15, -0.1) is 0 Å². The summed E-state index contributed by atoms with van der Waals surface area (Å²) in [6.45, 7) is 1.82. The fraction of sp³-hybridized carbons (Fsp3) is 0.429. The van der Waals surface area contributed by atoms with Crippen molar-refractivity contribution in [2.24, 2.45) is 4.99 Å². The topological polar surface area (TPSA) is 56.7 Å². The van der Waals surface area contributed by atoms with Crippen LogP contribution in [0.15, 0.2) is 29.3 Å². The Kier molecular flexibility index (Phi) is 3.54. The third-order valence-electron chi connectivity index (χ3n) is 3.59. The zero-order chi connectivity index (χ0) is 13.9. The molecule has 0 aliphatic carbocycles. The Morgan fingerprint density at radius 2 is 1.85 bits per heavy atom. The SMILES string of the molecule is O=C1NC(N2CCCCC2)=NC(c2ccc(F)cc2)N1. The third-order valence-corrected chi connectivity index (χ3v) is 3.59. The minimum atomic E-state index is -0.457. The molecule has 2 amide bonds. The van der Waals surface area contributed by atoms with Crippen LogP contribution in [0.25, 0.3) is 0 Å². The number of hydrogen-bond acceptors (Lipinski definition) is 3. The van der Waals surface area contributed by atoms with Crippen LogP contribution in [-0.2, 0) is 0 Å². The van der Waals surface area contributed by atoms with Crippen molar-refractivity contribution in [3.63, 3.8) is 0 Å². The second-order valence-electron chi connectivity index (χ2n) is 5.05. The Morgan fingerprint density at radius 3 is 2.55 bits per heavy atom. The number of amides is 2. The molecule has 2 heterocycles. The van der Waals surface area contributed by atoms with Crippen LogP contribution in [0.2, 0.25) is 0 Å². The van der Waals surface area contributed by atoms with Crippen LogP contribution >= 0.6 is 0 Å². The van der Waals surface area contributed by atoms with Crippen LogP contribution in [0.3, 0.4) is 0 Å². The zero-order valence-corrected chi connectivity index (χ0v) is 11.1. The summed E-state index contributed by atoms with van der Waals surface area (Å²) in [7, 11) is 0. The van der Waals surface area contributed by atoms with Crippen molar-refractivity contribution in [2.75, 3.05) is 13.1 Å². The first kappa shape index (κ1) is 12.9. The Labute approximate surface area is 116 Å². The molecule has 3 rings (SSSR count). The van der Waals surface area contributed by atoms with Gasteiger partial charge in [0.1, 0.15) is 5.82 Å². The molecule has 0 saturated carbocycles. The van der Waals surface area contributed by atoms with Gasteiger partial charge in [0.15, 0.2) is 6.17 Å². The lowest BCUT2D eigenvalue weighted by molar-refractivity contribution is 0.235. The van der Waals surface area contributed by atoms with E-state index in [-0.39, 0.29) is 11.8 Å². The monoisotopic (exact) mass is 276 g/mol. The number of halogens is 1. The van der Waals surface area contributed by atoms with Crippen molar-refractivity contribution in [3.05, 3.63) is 35.6 Å². The van der Waals surface area contributed by atoms with Gasteiger partial charge in [-0.3, -0.25) is 5.32 Å². The lowest BCUT2D eigenvalue weighted by atomic mass is 10.1. The number of nitrogens with one attached hydrogen (secondary N) is 2. The average molecular weight is 276 g/mol. The highest BCUT2D eigenvalue weighted by Crippen LogP contribution is 2.19. The first-order valence-electron chi connectivity index (χ1n) is 6.88.